The topological polar surface area (TPSA) is 105 Å². The highest BCUT2D eigenvalue weighted by atomic mass is 32.2. The average molecular weight is 605 g/mol. The average Bonchev–Trinajstić information content (AvgIpc) is 2.93. The molecule has 0 spiro atoms. The summed E-state index contributed by atoms with van der Waals surface area (Å²) in [6.45, 7) is -0.499. The number of nitrogens with zero attached hydrogens (tertiary/aromatic N) is 1. The monoisotopic (exact) mass is 604 g/mol. The molecule has 0 saturated heterocycles. The Morgan fingerprint density at radius 1 is 0.905 bits per heavy atom. The molecule has 0 radical (unpaired) electrons. The van der Waals surface area contributed by atoms with Crippen molar-refractivity contribution in [1.82, 2.24) is 5.01 Å². The van der Waals surface area contributed by atoms with E-state index in [1.807, 2.05) is 0 Å². The van der Waals surface area contributed by atoms with Crippen LogP contribution in [0.2, 0.25) is 0 Å². The third-order valence-corrected chi connectivity index (χ3v) is 7.35. The van der Waals surface area contributed by atoms with Gasteiger partial charge in [0, 0.05) is 18.4 Å². The number of anilines is 2. The van der Waals surface area contributed by atoms with E-state index in [4.69, 9.17) is 5.73 Å². The molecule has 0 aliphatic rings. The molecule has 0 bridgehead atoms. The van der Waals surface area contributed by atoms with E-state index < -0.39 is 51.5 Å². The molecule has 4 rings (SSSR count). The van der Waals surface area contributed by atoms with E-state index in [1.54, 1.807) is 18.2 Å². The number of hydrazine groups is 1. The third kappa shape index (κ3) is 7.04. The molecule has 0 aliphatic carbocycles. The van der Waals surface area contributed by atoms with Gasteiger partial charge in [0.05, 0.1) is 22.7 Å². The molecule has 0 unspecified atom stereocenters. The standard InChI is InChI=1S/C29H25F5N4O3S/c1-42(40,41)26-12-5-3-10-22(26)20-14-24(30)27(25(31)15-20)36-28(39)38(37-21-9-6-7-18(13-21)16-35)17-19-8-2-4-11-23(19)29(32,33)34/h2-15,37H,16-17,35H2,1H3,(H,36,39). The molecule has 0 fully saturated rings. The molecular formula is C29H25F5N4O3S. The Kier molecular flexibility index (Phi) is 8.83. The van der Waals surface area contributed by atoms with Crippen LogP contribution in [0.3, 0.4) is 0 Å². The number of halogens is 5. The van der Waals surface area contributed by atoms with Crippen LogP contribution < -0.4 is 16.5 Å². The molecule has 0 saturated carbocycles. The van der Waals surface area contributed by atoms with Gasteiger partial charge >= 0.3 is 12.2 Å². The van der Waals surface area contributed by atoms with Gasteiger partial charge in [-0.15, -0.1) is 0 Å². The largest absolute Gasteiger partial charge is 0.416 e. The molecule has 0 aliphatic heterocycles. The van der Waals surface area contributed by atoms with Gasteiger partial charge in [0.15, 0.2) is 9.84 Å². The summed E-state index contributed by atoms with van der Waals surface area (Å²) in [5.74, 6) is -2.47. The van der Waals surface area contributed by atoms with Gasteiger partial charge in [-0.2, -0.15) is 13.2 Å². The van der Waals surface area contributed by atoms with Crippen LogP contribution >= 0.6 is 0 Å². The summed E-state index contributed by atoms with van der Waals surface area (Å²) in [4.78, 5) is 13.2. The number of rotatable bonds is 8. The predicted molar refractivity (Wildman–Crippen MR) is 149 cm³/mol. The van der Waals surface area contributed by atoms with E-state index >= 15 is 8.78 Å². The molecule has 4 N–H and O–H groups in total. The summed E-state index contributed by atoms with van der Waals surface area (Å²) in [6.07, 6.45) is -3.77. The van der Waals surface area contributed by atoms with E-state index in [9.17, 15) is 26.4 Å². The lowest BCUT2D eigenvalue weighted by molar-refractivity contribution is -0.138. The highest BCUT2D eigenvalue weighted by Crippen LogP contribution is 2.34. The van der Waals surface area contributed by atoms with E-state index in [1.165, 1.54) is 48.5 Å². The van der Waals surface area contributed by atoms with Gasteiger partial charge in [0.1, 0.15) is 17.3 Å². The number of nitrogens with one attached hydrogen (secondary N) is 2. The first-order valence-electron chi connectivity index (χ1n) is 12.4. The first kappa shape index (κ1) is 30.5. The van der Waals surface area contributed by atoms with Crippen molar-refractivity contribution >= 4 is 27.2 Å². The van der Waals surface area contributed by atoms with Crippen molar-refractivity contribution in [3.05, 3.63) is 113 Å². The fourth-order valence-electron chi connectivity index (χ4n) is 4.24. The summed E-state index contributed by atoms with van der Waals surface area (Å²) >= 11 is 0. The number of carbonyl (C=O) groups is 1. The number of carbonyl (C=O) groups excluding carboxylic acids is 1. The van der Waals surface area contributed by atoms with Crippen molar-refractivity contribution < 1.29 is 35.2 Å². The predicted octanol–water partition coefficient (Wildman–Crippen LogP) is 6.57. The maximum Gasteiger partial charge on any atom is 0.416 e. The van der Waals surface area contributed by atoms with Gasteiger partial charge in [-0.1, -0.05) is 48.5 Å². The molecule has 4 aromatic rings. The minimum atomic E-state index is -4.73. The summed E-state index contributed by atoms with van der Waals surface area (Å²) in [5, 5.41) is 2.82. The lowest BCUT2D eigenvalue weighted by atomic mass is 10.0. The summed E-state index contributed by atoms with van der Waals surface area (Å²) in [5.41, 5.74) is 7.07. The second kappa shape index (κ2) is 12.2. The zero-order valence-electron chi connectivity index (χ0n) is 22.0. The second-order valence-electron chi connectivity index (χ2n) is 9.27. The normalized spacial score (nSPS) is 11.7. The number of amides is 2. The van der Waals surface area contributed by atoms with Crippen LogP contribution in [0.15, 0.2) is 89.8 Å². The zero-order valence-corrected chi connectivity index (χ0v) is 22.9. The van der Waals surface area contributed by atoms with Crippen LogP contribution in [0.5, 0.6) is 0 Å². The number of urea groups is 1. The quantitative estimate of drug-likeness (QED) is 0.156. The fourth-order valence-corrected chi connectivity index (χ4v) is 5.15. The van der Waals surface area contributed by atoms with Gasteiger partial charge in [0.2, 0.25) is 0 Å². The summed E-state index contributed by atoms with van der Waals surface area (Å²) in [7, 11) is -3.74. The molecule has 0 heterocycles. The second-order valence-corrected chi connectivity index (χ2v) is 11.3. The Hall–Kier alpha value is -4.49. The van der Waals surface area contributed by atoms with Crippen molar-refractivity contribution in [2.45, 2.75) is 24.2 Å². The van der Waals surface area contributed by atoms with Crippen LogP contribution in [0.1, 0.15) is 16.7 Å². The zero-order chi connectivity index (χ0) is 30.7. The minimum Gasteiger partial charge on any atom is -0.326 e. The van der Waals surface area contributed by atoms with Crippen LogP contribution in [-0.4, -0.2) is 25.7 Å². The number of nitrogens with two attached hydrogens (primary N) is 1. The van der Waals surface area contributed by atoms with Gasteiger partial charge in [-0.25, -0.2) is 27.0 Å². The summed E-state index contributed by atoms with van der Waals surface area (Å²) < 4.78 is 95.8. The van der Waals surface area contributed by atoms with Crippen LogP contribution in [0.4, 0.5) is 38.1 Å². The van der Waals surface area contributed by atoms with E-state index in [-0.39, 0.29) is 33.8 Å². The Labute approximate surface area is 238 Å². The highest BCUT2D eigenvalue weighted by molar-refractivity contribution is 7.90. The molecule has 0 atom stereocenters. The molecule has 2 amide bonds. The lowest BCUT2D eigenvalue weighted by Crippen LogP contribution is -2.39. The van der Waals surface area contributed by atoms with Gasteiger partial charge in [0.25, 0.3) is 0 Å². The van der Waals surface area contributed by atoms with Crippen molar-refractivity contribution in [2.75, 3.05) is 17.0 Å². The van der Waals surface area contributed by atoms with Gasteiger partial charge in [-0.3, -0.25) is 5.43 Å². The van der Waals surface area contributed by atoms with E-state index in [0.717, 1.165) is 29.5 Å². The molecule has 13 heteroatoms. The maximum atomic E-state index is 15.2. The summed E-state index contributed by atoms with van der Waals surface area (Å²) in [6, 6.07) is 17.1. The molecule has 0 aromatic heterocycles. The van der Waals surface area contributed by atoms with E-state index in [0.29, 0.717) is 5.56 Å². The lowest BCUT2D eigenvalue weighted by Gasteiger charge is -2.26. The van der Waals surface area contributed by atoms with Crippen molar-refractivity contribution in [1.29, 1.82) is 0 Å². The minimum absolute atomic E-state index is 0.0440. The number of benzene rings is 4. The number of sulfone groups is 1. The van der Waals surface area contributed by atoms with Crippen LogP contribution in [-0.2, 0) is 29.1 Å². The number of hydrogen-bond acceptors (Lipinski definition) is 5. The molecule has 220 valence electrons. The Bertz CT molecular complexity index is 1710. The first-order chi connectivity index (χ1) is 19.8. The third-order valence-electron chi connectivity index (χ3n) is 6.19. The number of alkyl halides is 3. The highest BCUT2D eigenvalue weighted by Gasteiger charge is 2.34. The fraction of sp³-hybridized carbons (Fsp3) is 0.138. The molecular weight excluding hydrogens is 579 g/mol. The SMILES string of the molecule is CS(=O)(=O)c1ccccc1-c1cc(F)c(NC(=O)N(Cc2ccccc2C(F)(F)F)Nc2cccc(CN)c2)c(F)c1. The Morgan fingerprint density at radius 3 is 2.19 bits per heavy atom. The Morgan fingerprint density at radius 2 is 1.55 bits per heavy atom. The molecule has 7 nitrogen and oxygen atoms in total. The van der Waals surface area contributed by atoms with Crippen molar-refractivity contribution in [2.24, 2.45) is 5.73 Å². The molecule has 4 aromatic carbocycles. The van der Waals surface area contributed by atoms with Crippen molar-refractivity contribution in [3.8, 4) is 11.1 Å². The van der Waals surface area contributed by atoms with Gasteiger partial charge in [-0.05, 0) is 53.1 Å². The van der Waals surface area contributed by atoms with Crippen LogP contribution in [0.25, 0.3) is 11.1 Å². The van der Waals surface area contributed by atoms with Crippen LogP contribution in [0, 0.1) is 11.6 Å². The first-order valence-corrected chi connectivity index (χ1v) is 14.2. The van der Waals surface area contributed by atoms with E-state index in [2.05, 4.69) is 10.7 Å². The van der Waals surface area contributed by atoms with Crippen molar-refractivity contribution in [3.63, 3.8) is 0 Å². The Balaban J connectivity index is 1.70. The number of hydrogen-bond donors (Lipinski definition) is 3. The smallest absolute Gasteiger partial charge is 0.326 e. The maximum absolute atomic E-state index is 15.2. The van der Waals surface area contributed by atoms with Gasteiger partial charge < -0.3 is 11.1 Å². The molecule has 42 heavy (non-hydrogen) atoms.